The van der Waals surface area contributed by atoms with Gasteiger partial charge in [0, 0.05) is 6.04 Å². The Balaban J connectivity index is 2.04. The molecule has 0 saturated heterocycles. The van der Waals surface area contributed by atoms with Gasteiger partial charge in [0.25, 0.3) is 10.1 Å². The highest BCUT2D eigenvalue weighted by Gasteiger charge is 2.16. The summed E-state index contributed by atoms with van der Waals surface area (Å²) in [5, 5.41) is 3.34. The fourth-order valence-corrected chi connectivity index (χ4v) is 3.86. The lowest BCUT2D eigenvalue weighted by Gasteiger charge is -2.25. The fourth-order valence-electron chi connectivity index (χ4n) is 3.35. The first-order chi connectivity index (χ1) is 9.87. The van der Waals surface area contributed by atoms with Crippen LogP contribution in [0.25, 0.3) is 0 Å². The summed E-state index contributed by atoms with van der Waals surface area (Å²) in [5.74, 6) is 1.59. The van der Waals surface area contributed by atoms with Gasteiger partial charge in [-0.05, 0) is 51.0 Å². The van der Waals surface area contributed by atoms with Gasteiger partial charge in [-0.1, -0.05) is 39.0 Å². The second-order valence-corrected chi connectivity index (χ2v) is 8.49. The summed E-state index contributed by atoms with van der Waals surface area (Å²) < 4.78 is 29.9. The van der Waals surface area contributed by atoms with Crippen molar-refractivity contribution >= 4 is 10.1 Å². The van der Waals surface area contributed by atoms with Crippen LogP contribution in [0, 0.1) is 11.8 Å². The molecule has 2 atom stereocenters. The third-order valence-corrected chi connectivity index (χ3v) is 5.43. The molecular formula is C16H33NO3S. The van der Waals surface area contributed by atoms with Gasteiger partial charge in [-0.3, -0.25) is 4.55 Å². The summed E-state index contributed by atoms with van der Waals surface area (Å²) in [6.45, 7) is 5.17. The first kappa shape index (κ1) is 18.9. The average molecular weight is 320 g/mol. The van der Waals surface area contributed by atoms with Gasteiger partial charge in [0.05, 0.1) is 5.75 Å². The lowest BCUT2D eigenvalue weighted by molar-refractivity contribution is 0.282. The van der Waals surface area contributed by atoms with E-state index >= 15 is 0 Å². The zero-order chi connectivity index (χ0) is 15.7. The molecule has 1 rings (SSSR count). The minimum atomic E-state index is -3.80. The largest absolute Gasteiger partial charge is 0.314 e. The molecule has 0 aromatic carbocycles. The predicted molar refractivity (Wildman–Crippen MR) is 88.1 cm³/mol. The highest BCUT2D eigenvalue weighted by Crippen LogP contribution is 2.30. The van der Waals surface area contributed by atoms with Gasteiger partial charge < -0.3 is 5.32 Å². The highest BCUT2D eigenvalue weighted by atomic mass is 32.2. The van der Waals surface area contributed by atoms with Gasteiger partial charge in [0.1, 0.15) is 0 Å². The molecule has 1 aliphatic rings. The van der Waals surface area contributed by atoms with Crippen LogP contribution in [0.1, 0.15) is 71.6 Å². The Morgan fingerprint density at radius 1 is 1.14 bits per heavy atom. The van der Waals surface area contributed by atoms with E-state index in [9.17, 15) is 8.42 Å². The molecule has 21 heavy (non-hydrogen) atoms. The SMILES string of the molecule is CC(CCC(C)NCCCS(=O)(=O)O)CC1CCCCC1. The fraction of sp³-hybridized carbons (Fsp3) is 1.00. The predicted octanol–water partition coefficient (Wildman–Crippen LogP) is 3.63. The van der Waals surface area contributed by atoms with Crippen molar-refractivity contribution < 1.29 is 13.0 Å². The van der Waals surface area contributed by atoms with Crippen molar-refractivity contribution in [1.29, 1.82) is 0 Å². The summed E-state index contributed by atoms with van der Waals surface area (Å²) in [4.78, 5) is 0. The quantitative estimate of drug-likeness (QED) is 0.477. The second kappa shape index (κ2) is 9.80. The maximum absolute atomic E-state index is 10.6. The monoisotopic (exact) mass is 319 g/mol. The van der Waals surface area contributed by atoms with Crippen LogP contribution in [-0.4, -0.2) is 31.3 Å². The number of hydrogen-bond donors (Lipinski definition) is 2. The van der Waals surface area contributed by atoms with Crippen LogP contribution in [0.5, 0.6) is 0 Å². The third kappa shape index (κ3) is 10.3. The topological polar surface area (TPSA) is 66.4 Å². The minimum absolute atomic E-state index is 0.148. The molecule has 0 radical (unpaired) electrons. The molecule has 2 unspecified atom stereocenters. The number of rotatable bonds is 10. The summed E-state index contributed by atoms with van der Waals surface area (Å²) in [6, 6.07) is 0.417. The molecule has 5 heteroatoms. The van der Waals surface area contributed by atoms with Crippen LogP contribution < -0.4 is 5.32 Å². The lowest BCUT2D eigenvalue weighted by atomic mass is 9.82. The van der Waals surface area contributed by atoms with E-state index in [2.05, 4.69) is 19.2 Å². The van der Waals surface area contributed by atoms with E-state index in [4.69, 9.17) is 4.55 Å². The molecule has 2 N–H and O–H groups in total. The van der Waals surface area contributed by atoms with Crippen molar-refractivity contribution in [3.05, 3.63) is 0 Å². The maximum Gasteiger partial charge on any atom is 0.264 e. The van der Waals surface area contributed by atoms with Crippen LogP contribution in [0.3, 0.4) is 0 Å². The second-order valence-electron chi connectivity index (χ2n) is 6.92. The zero-order valence-corrected chi connectivity index (χ0v) is 14.5. The molecule has 0 bridgehead atoms. The van der Waals surface area contributed by atoms with Gasteiger partial charge in [-0.2, -0.15) is 8.42 Å². The molecule has 1 fully saturated rings. The zero-order valence-electron chi connectivity index (χ0n) is 13.7. The molecular weight excluding hydrogens is 286 g/mol. The molecule has 1 saturated carbocycles. The maximum atomic E-state index is 10.6. The number of nitrogens with one attached hydrogen (secondary N) is 1. The van der Waals surface area contributed by atoms with Crippen molar-refractivity contribution in [3.8, 4) is 0 Å². The van der Waals surface area contributed by atoms with Gasteiger partial charge in [0.2, 0.25) is 0 Å². The average Bonchev–Trinajstić information content (AvgIpc) is 2.41. The van der Waals surface area contributed by atoms with E-state index in [0.717, 1.165) is 18.3 Å². The molecule has 4 nitrogen and oxygen atoms in total. The van der Waals surface area contributed by atoms with Crippen LogP contribution in [0.15, 0.2) is 0 Å². The Hall–Kier alpha value is -0.130. The van der Waals surface area contributed by atoms with E-state index in [1.807, 2.05) is 0 Å². The van der Waals surface area contributed by atoms with Gasteiger partial charge in [-0.15, -0.1) is 0 Å². The molecule has 0 heterocycles. The third-order valence-electron chi connectivity index (χ3n) is 4.62. The van der Waals surface area contributed by atoms with Crippen molar-refractivity contribution in [2.45, 2.75) is 77.7 Å². The number of hydrogen-bond acceptors (Lipinski definition) is 3. The Bertz CT molecular complexity index is 364. The molecule has 1 aliphatic carbocycles. The lowest BCUT2D eigenvalue weighted by Crippen LogP contribution is -2.28. The van der Waals surface area contributed by atoms with E-state index in [-0.39, 0.29) is 5.75 Å². The highest BCUT2D eigenvalue weighted by molar-refractivity contribution is 7.85. The van der Waals surface area contributed by atoms with Gasteiger partial charge >= 0.3 is 0 Å². The Labute approximate surface area is 130 Å². The Morgan fingerprint density at radius 2 is 1.81 bits per heavy atom. The molecule has 0 aromatic rings. The molecule has 0 spiro atoms. The normalized spacial score (nSPS) is 20.3. The van der Waals surface area contributed by atoms with Crippen molar-refractivity contribution in [2.75, 3.05) is 12.3 Å². The van der Waals surface area contributed by atoms with Crippen molar-refractivity contribution in [3.63, 3.8) is 0 Å². The molecule has 0 aromatic heterocycles. The van der Waals surface area contributed by atoms with Crippen LogP contribution in [0.4, 0.5) is 0 Å². The van der Waals surface area contributed by atoms with Gasteiger partial charge in [0.15, 0.2) is 0 Å². The summed E-state index contributed by atoms with van der Waals surface area (Å²) >= 11 is 0. The van der Waals surface area contributed by atoms with Gasteiger partial charge in [-0.25, -0.2) is 0 Å². The molecule has 0 aliphatic heterocycles. The van der Waals surface area contributed by atoms with E-state index in [0.29, 0.717) is 19.0 Å². The molecule has 0 amide bonds. The van der Waals surface area contributed by atoms with E-state index < -0.39 is 10.1 Å². The smallest absolute Gasteiger partial charge is 0.264 e. The van der Waals surface area contributed by atoms with Crippen molar-refractivity contribution in [2.24, 2.45) is 11.8 Å². The summed E-state index contributed by atoms with van der Waals surface area (Å²) in [7, 11) is -3.80. The van der Waals surface area contributed by atoms with E-state index in [1.54, 1.807) is 0 Å². The Morgan fingerprint density at radius 3 is 2.43 bits per heavy atom. The van der Waals surface area contributed by atoms with Crippen molar-refractivity contribution in [1.82, 2.24) is 5.32 Å². The first-order valence-corrected chi connectivity index (χ1v) is 10.2. The summed E-state index contributed by atoms with van der Waals surface area (Å²) in [5.41, 5.74) is 0. The van der Waals surface area contributed by atoms with Crippen LogP contribution in [-0.2, 0) is 10.1 Å². The van der Waals surface area contributed by atoms with E-state index in [1.165, 1.54) is 44.9 Å². The standard InChI is InChI=1S/C16H33NO3S/c1-14(13-16-7-4-3-5-8-16)9-10-15(2)17-11-6-12-21(18,19)20/h14-17H,3-13H2,1-2H3,(H,18,19,20). The molecule has 126 valence electrons. The summed E-state index contributed by atoms with van der Waals surface area (Å²) in [6.07, 6.45) is 11.3. The first-order valence-electron chi connectivity index (χ1n) is 8.55. The Kier molecular flexibility index (Phi) is 8.83. The van der Waals surface area contributed by atoms with Crippen LogP contribution in [0.2, 0.25) is 0 Å². The minimum Gasteiger partial charge on any atom is -0.314 e. The van der Waals surface area contributed by atoms with Crippen LogP contribution >= 0.6 is 0 Å².